The second-order valence-electron chi connectivity index (χ2n) is 6.40. The Hall–Kier alpha value is -1.33. The summed E-state index contributed by atoms with van der Waals surface area (Å²) in [5.74, 6) is 1.34. The van der Waals surface area contributed by atoms with Crippen LogP contribution < -0.4 is 15.5 Å². The van der Waals surface area contributed by atoms with Crippen LogP contribution in [0.3, 0.4) is 0 Å². The smallest absolute Gasteiger partial charge is 0.225 e. The Morgan fingerprint density at radius 2 is 1.96 bits per heavy atom. The second-order valence-corrected chi connectivity index (χ2v) is 6.40. The molecular weight excluding hydrogens is 312 g/mol. The molecule has 1 aromatic rings. The van der Waals surface area contributed by atoms with Gasteiger partial charge < -0.3 is 15.5 Å². The number of pyridine rings is 1. The summed E-state index contributed by atoms with van der Waals surface area (Å²) in [6.45, 7) is 4.05. The molecule has 0 unspecified atom stereocenters. The maximum absolute atomic E-state index is 12.1. The highest BCUT2D eigenvalue weighted by Crippen LogP contribution is 2.26. The zero-order valence-electron chi connectivity index (χ0n) is 13.6. The number of amides is 1. The van der Waals surface area contributed by atoms with E-state index >= 15 is 0 Å². The van der Waals surface area contributed by atoms with Crippen LogP contribution in [0, 0.1) is 5.92 Å². The molecule has 1 aliphatic carbocycles. The number of carbonyl (C=O) groups is 1. The topological polar surface area (TPSA) is 57.3 Å². The van der Waals surface area contributed by atoms with Gasteiger partial charge in [-0.05, 0) is 30.9 Å². The lowest BCUT2D eigenvalue weighted by atomic mass is 9.87. The molecule has 0 bridgehead atoms. The number of rotatable bonds is 4. The minimum Gasteiger partial charge on any atom is -0.368 e. The zero-order valence-corrected chi connectivity index (χ0v) is 14.4. The minimum absolute atomic E-state index is 0. The Labute approximate surface area is 144 Å². The molecule has 2 aliphatic rings. The third-order valence-corrected chi connectivity index (χ3v) is 4.70. The Morgan fingerprint density at radius 1 is 1.22 bits per heavy atom. The highest BCUT2D eigenvalue weighted by molar-refractivity contribution is 5.90. The zero-order chi connectivity index (χ0) is 15.2. The lowest BCUT2D eigenvalue weighted by Crippen LogP contribution is -2.43. The summed E-state index contributed by atoms with van der Waals surface area (Å²) in [7, 11) is 0. The van der Waals surface area contributed by atoms with Crippen molar-refractivity contribution in [3.63, 3.8) is 0 Å². The van der Waals surface area contributed by atoms with Gasteiger partial charge in [0.2, 0.25) is 5.91 Å². The van der Waals surface area contributed by atoms with Gasteiger partial charge in [0.15, 0.2) is 0 Å². The van der Waals surface area contributed by atoms with Crippen molar-refractivity contribution in [1.82, 2.24) is 10.3 Å². The van der Waals surface area contributed by atoms with Gasteiger partial charge >= 0.3 is 0 Å². The van der Waals surface area contributed by atoms with Gasteiger partial charge in [-0.3, -0.25) is 4.79 Å². The molecule has 2 heterocycles. The molecule has 1 amide bonds. The molecular formula is C17H27ClN4O. The molecule has 1 aliphatic heterocycles. The normalized spacial score (nSPS) is 19.0. The molecule has 1 saturated heterocycles. The number of nitrogens with zero attached hydrogens (tertiary/aromatic N) is 2. The number of nitrogens with one attached hydrogen (secondary N) is 2. The van der Waals surface area contributed by atoms with Crippen LogP contribution in [0.1, 0.15) is 38.5 Å². The lowest BCUT2D eigenvalue weighted by molar-refractivity contribution is -0.117. The quantitative estimate of drug-likeness (QED) is 0.886. The van der Waals surface area contributed by atoms with E-state index in [1.54, 1.807) is 0 Å². The molecule has 23 heavy (non-hydrogen) atoms. The number of piperazine rings is 1. The van der Waals surface area contributed by atoms with Crippen molar-refractivity contribution in [1.29, 1.82) is 0 Å². The lowest BCUT2D eigenvalue weighted by Gasteiger charge is -2.29. The second kappa shape index (κ2) is 9.08. The fraction of sp³-hybridized carbons (Fsp3) is 0.647. The molecule has 3 rings (SSSR count). The SMILES string of the molecule is Cl.O=C(CC1CCCCC1)Nc1ccc(N2CCNCC2)cn1. The first kappa shape index (κ1) is 18.0. The average Bonchev–Trinajstić information content (AvgIpc) is 2.57. The molecule has 2 fully saturated rings. The third-order valence-electron chi connectivity index (χ3n) is 4.70. The van der Waals surface area contributed by atoms with Crippen molar-refractivity contribution in [2.75, 3.05) is 36.4 Å². The van der Waals surface area contributed by atoms with E-state index in [1.807, 2.05) is 12.3 Å². The van der Waals surface area contributed by atoms with Crippen molar-refractivity contribution < 1.29 is 4.79 Å². The maximum Gasteiger partial charge on any atom is 0.225 e. The van der Waals surface area contributed by atoms with Gasteiger partial charge in [0.05, 0.1) is 11.9 Å². The third kappa shape index (κ3) is 5.36. The summed E-state index contributed by atoms with van der Waals surface area (Å²) in [5, 5.41) is 6.28. The summed E-state index contributed by atoms with van der Waals surface area (Å²) in [4.78, 5) is 18.8. The van der Waals surface area contributed by atoms with Crippen LogP contribution in [0.15, 0.2) is 18.3 Å². The molecule has 6 heteroatoms. The van der Waals surface area contributed by atoms with Crippen LogP contribution in [-0.2, 0) is 4.79 Å². The van der Waals surface area contributed by atoms with E-state index in [4.69, 9.17) is 0 Å². The van der Waals surface area contributed by atoms with Crippen LogP contribution in [-0.4, -0.2) is 37.1 Å². The predicted molar refractivity (Wildman–Crippen MR) is 96.4 cm³/mol. The summed E-state index contributed by atoms with van der Waals surface area (Å²) in [5.41, 5.74) is 1.13. The average molecular weight is 339 g/mol. The Kier molecular flexibility index (Phi) is 7.12. The van der Waals surface area contributed by atoms with Crippen molar-refractivity contribution in [2.24, 2.45) is 5.92 Å². The largest absolute Gasteiger partial charge is 0.368 e. The molecule has 0 spiro atoms. The van der Waals surface area contributed by atoms with Gasteiger partial charge in [-0.15, -0.1) is 12.4 Å². The van der Waals surface area contributed by atoms with Crippen LogP contribution in [0.25, 0.3) is 0 Å². The first-order valence-corrected chi connectivity index (χ1v) is 8.53. The summed E-state index contributed by atoms with van der Waals surface area (Å²) >= 11 is 0. The van der Waals surface area contributed by atoms with Crippen LogP contribution in [0.5, 0.6) is 0 Å². The fourth-order valence-corrected chi connectivity index (χ4v) is 3.42. The van der Waals surface area contributed by atoms with E-state index in [9.17, 15) is 4.79 Å². The highest BCUT2D eigenvalue weighted by Gasteiger charge is 2.17. The van der Waals surface area contributed by atoms with Gasteiger partial charge in [0.25, 0.3) is 0 Å². The monoisotopic (exact) mass is 338 g/mol. The molecule has 5 nitrogen and oxygen atoms in total. The fourth-order valence-electron chi connectivity index (χ4n) is 3.42. The Morgan fingerprint density at radius 3 is 2.61 bits per heavy atom. The standard InChI is InChI=1S/C17H26N4O.ClH/c22-17(12-14-4-2-1-3-5-14)20-16-7-6-15(13-19-16)21-10-8-18-9-11-21;/h6-7,13-14,18H,1-5,8-12H2,(H,19,20,22);1H. The summed E-state index contributed by atoms with van der Waals surface area (Å²) in [6.07, 6.45) is 8.77. The number of carbonyl (C=O) groups excluding carboxylic acids is 1. The van der Waals surface area contributed by atoms with Gasteiger partial charge in [-0.25, -0.2) is 4.98 Å². The number of aromatic nitrogens is 1. The van der Waals surface area contributed by atoms with Crippen LogP contribution in [0.2, 0.25) is 0 Å². The Balaban J connectivity index is 0.00000192. The van der Waals surface area contributed by atoms with E-state index in [2.05, 4.69) is 26.6 Å². The van der Waals surface area contributed by atoms with Crippen molar-refractivity contribution in [3.05, 3.63) is 18.3 Å². The number of hydrogen-bond acceptors (Lipinski definition) is 4. The van der Waals surface area contributed by atoms with E-state index in [0.717, 1.165) is 31.9 Å². The summed E-state index contributed by atoms with van der Waals surface area (Å²) < 4.78 is 0. The predicted octanol–water partition coefficient (Wildman–Crippen LogP) is 2.82. The van der Waals surface area contributed by atoms with Crippen LogP contribution in [0.4, 0.5) is 11.5 Å². The van der Waals surface area contributed by atoms with E-state index < -0.39 is 0 Å². The number of hydrogen-bond donors (Lipinski definition) is 2. The van der Waals surface area contributed by atoms with Crippen molar-refractivity contribution >= 4 is 29.8 Å². The molecule has 0 atom stereocenters. The minimum atomic E-state index is 0. The first-order valence-electron chi connectivity index (χ1n) is 8.53. The number of halogens is 1. The molecule has 1 saturated carbocycles. The molecule has 0 aromatic carbocycles. The van der Waals surface area contributed by atoms with Gasteiger partial charge in [-0.2, -0.15) is 0 Å². The van der Waals surface area contributed by atoms with E-state index in [-0.39, 0.29) is 18.3 Å². The Bertz CT molecular complexity index is 482. The molecule has 2 N–H and O–H groups in total. The first-order chi connectivity index (χ1) is 10.8. The van der Waals surface area contributed by atoms with E-state index in [0.29, 0.717) is 18.2 Å². The molecule has 1 aromatic heterocycles. The van der Waals surface area contributed by atoms with E-state index in [1.165, 1.54) is 32.1 Å². The maximum atomic E-state index is 12.1. The number of anilines is 2. The van der Waals surface area contributed by atoms with Gasteiger partial charge in [-0.1, -0.05) is 19.3 Å². The van der Waals surface area contributed by atoms with Crippen molar-refractivity contribution in [3.8, 4) is 0 Å². The highest BCUT2D eigenvalue weighted by atomic mass is 35.5. The van der Waals surface area contributed by atoms with Crippen molar-refractivity contribution in [2.45, 2.75) is 38.5 Å². The van der Waals surface area contributed by atoms with Gasteiger partial charge in [0.1, 0.15) is 5.82 Å². The van der Waals surface area contributed by atoms with Gasteiger partial charge in [0, 0.05) is 32.6 Å². The molecule has 0 radical (unpaired) electrons. The molecule has 128 valence electrons. The summed E-state index contributed by atoms with van der Waals surface area (Å²) in [6, 6.07) is 3.96. The van der Waals surface area contributed by atoms with Crippen LogP contribution >= 0.6 is 12.4 Å².